The molecule has 1 heterocycles. The van der Waals surface area contributed by atoms with Gasteiger partial charge in [0, 0.05) is 23.3 Å². The summed E-state index contributed by atoms with van der Waals surface area (Å²) in [6.45, 7) is 2.45. The molecule has 0 aromatic heterocycles. The van der Waals surface area contributed by atoms with Crippen molar-refractivity contribution in [2.24, 2.45) is 0 Å². The summed E-state index contributed by atoms with van der Waals surface area (Å²) in [5.74, 6) is -0.0899. The van der Waals surface area contributed by atoms with Crippen molar-refractivity contribution in [3.63, 3.8) is 0 Å². The van der Waals surface area contributed by atoms with E-state index in [2.05, 4.69) is 5.32 Å². The lowest BCUT2D eigenvalue weighted by atomic mass is 9.94. The minimum absolute atomic E-state index is 0.0899. The van der Waals surface area contributed by atoms with Gasteiger partial charge in [0.15, 0.2) is 5.72 Å². The molecule has 0 saturated carbocycles. The first-order valence-corrected chi connectivity index (χ1v) is 6.39. The summed E-state index contributed by atoms with van der Waals surface area (Å²) < 4.78 is 5.94. The molecule has 1 amide bonds. The number of rotatable bonds is 3. The molecule has 1 N–H and O–H groups in total. The highest BCUT2D eigenvalue weighted by molar-refractivity contribution is 6.00. The summed E-state index contributed by atoms with van der Waals surface area (Å²) in [5.41, 5.74) is 1.65. The Balaban J connectivity index is 2.22. The van der Waals surface area contributed by atoms with Crippen molar-refractivity contribution in [1.82, 2.24) is 5.32 Å². The Morgan fingerprint density at radius 2 is 1.74 bits per heavy atom. The average molecular weight is 253 g/mol. The first kappa shape index (κ1) is 11.9. The summed E-state index contributed by atoms with van der Waals surface area (Å²) in [5, 5.41) is 2.99. The molecular formula is C16H15NO2. The zero-order valence-electron chi connectivity index (χ0n) is 10.7. The molecule has 1 unspecified atom stereocenters. The number of ether oxygens (including phenoxy) is 1. The van der Waals surface area contributed by atoms with Crippen LogP contribution in [0.4, 0.5) is 0 Å². The van der Waals surface area contributed by atoms with E-state index in [1.807, 2.05) is 61.5 Å². The zero-order valence-corrected chi connectivity index (χ0v) is 10.7. The van der Waals surface area contributed by atoms with Crippen LogP contribution in [0, 0.1) is 0 Å². The third-order valence-corrected chi connectivity index (χ3v) is 3.38. The Morgan fingerprint density at radius 3 is 2.47 bits per heavy atom. The van der Waals surface area contributed by atoms with Gasteiger partial charge in [0.2, 0.25) is 0 Å². The zero-order chi connectivity index (χ0) is 13.3. The molecule has 2 aromatic carbocycles. The highest BCUT2D eigenvalue weighted by Gasteiger charge is 2.44. The number of nitrogens with one attached hydrogen (secondary N) is 1. The molecule has 0 saturated heterocycles. The molecule has 19 heavy (non-hydrogen) atoms. The van der Waals surface area contributed by atoms with Crippen LogP contribution in [0.15, 0.2) is 54.6 Å². The van der Waals surface area contributed by atoms with Crippen LogP contribution in [-0.4, -0.2) is 12.5 Å². The molecular weight excluding hydrogens is 238 g/mol. The number of hydrogen-bond acceptors (Lipinski definition) is 2. The van der Waals surface area contributed by atoms with Crippen LogP contribution in [0.25, 0.3) is 0 Å². The van der Waals surface area contributed by atoms with Crippen molar-refractivity contribution in [1.29, 1.82) is 0 Å². The summed E-state index contributed by atoms with van der Waals surface area (Å²) >= 11 is 0. The van der Waals surface area contributed by atoms with E-state index in [9.17, 15) is 4.79 Å². The fourth-order valence-corrected chi connectivity index (χ4v) is 2.60. The lowest BCUT2D eigenvalue weighted by Gasteiger charge is -2.30. The van der Waals surface area contributed by atoms with E-state index < -0.39 is 5.72 Å². The fraction of sp³-hybridized carbons (Fsp3) is 0.188. The van der Waals surface area contributed by atoms with E-state index in [1.165, 1.54) is 0 Å². The second-order valence-corrected chi connectivity index (χ2v) is 4.48. The van der Waals surface area contributed by atoms with Crippen LogP contribution < -0.4 is 5.32 Å². The molecule has 0 spiro atoms. The van der Waals surface area contributed by atoms with Gasteiger partial charge in [0.05, 0.1) is 0 Å². The van der Waals surface area contributed by atoms with E-state index in [-0.39, 0.29) is 5.91 Å². The van der Waals surface area contributed by atoms with E-state index in [4.69, 9.17) is 4.74 Å². The second kappa shape index (κ2) is 4.52. The van der Waals surface area contributed by atoms with E-state index >= 15 is 0 Å². The Bertz CT molecular complexity index is 609. The minimum Gasteiger partial charge on any atom is -0.347 e. The molecule has 3 rings (SSSR count). The third kappa shape index (κ3) is 1.74. The topological polar surface area (TPSA) is 38.3 Å². The van der Waals surface area contributed by atoms with Gasteiger partial charge in [-0.1, -0.05) is 48.5 Å². The number of benzene rings is 2. The van der Waals surface area contributed by atoms with Gasteiger partial charge >= 0.3 is 0 Å². The normalized spacial score (nSPS) is 21.0. The van der Waals surface area contributed by atoms with Crippen LogP contribution >= 0.6 is 0 Å². The summed E-state index contributed by atoms with van der Waals surface area (Å²) in [6, 6.07) is 17.3. The lowest BCUT2D eigenvalue weighted by molar-refractivity contribution is -0.0256. The standard InChI is InChI=1S/C16H15NO2/c1-2-19-16(12-8-4-3-5-9-12)14-11-7-6-10-13(14)15(18)17-16/h3-11H,2H2,1H3,(H,17,18). The lowest BCUT2D eigenvalue weighted by Crippen LogP contribution is -2.43. The molecule has 1 atom stereocenters. The van der Waals surface area contributed by atoms with E-state index in [0.29, 0.717) is 12.2 Å². The van der Waals surface area contributed by atoms with Crippen LogP contribution in [-0.2, 0) is 10.5 Å². The van der Waals surface area contributed by atoms with Gasteiger partial charge in [-0.25, -0.2) is 0 Å². The first-order valence-electron chi connectivity index (χ1n) is 6.39. The Hall–Kier alpha value is -2.13. The molecule has 0 aliphatic carbocycles. The van der Waals surface area contributed by atoms with Crippen molar-refractivity contribution in [2.45, 2.75) is 12.6 Å². The van der Waals surface area contributed by atoms with Gasteiger partial charge in [-0.2, -0.15) is 0 Å². The Labute approximate surface area is 112 Å². The largest absolute Gasteiger partial charge is 0.347 e. The second-order valence-electron chi connectivity index (χ2n) is 4.48. The van der Waals surface area contributed by atoms with Crippen LogP contribution in [0.1, 0.15) is 28.4 Å². The highest BCUT2D eigenvalue weighted by atomic mass is 16.5. The number of carbonyl (C=O) groups excluding carboxylic acids is 1. The van der Waals surface area contributed by atoms with Gasteiger partial charge in [0.1, 0.15) is 0 Å². The number of fused-ring (bicyclic) bond motifs is 1. The first-order chi connectivity index (χ1) is 9.28. The molecule has 0 radical (unpaired) electrons. The molecule has 0 bridgehead atoms. The monoisotopic (exact) mass is 253 g/mol. The van der Waals surface area contributed by atoms with Crippen LogP contribution in [0.5, 0.6) is 0 Å². The third-order valence-electron chi connectivity index (χ3n) is 3.38. The van der Waals surface area contributed by atoms with Gasteiger partial charge in [-0.05, 0) is 13.0 Å². The van der Waals surface area contributed by atoms with Crippen molar-refractivity contribution in [3.05, 3.63) is 71.3 Å². The Kier molecular flexibility index (Phi) is 2.84. The highest BCUT2D eigenvalue weighted by Crippen LogP contribution is 2.37. The predicted molar refractivity (Wildman–Crippen MR) is 72.8 cm³/mol. The molecule has 2 aromatic rings. The average Bonchev–Trinajstić information content (AvgIpc) is 2.75. The summed E-state index contributed by atoms with van der Waals surface area (Å²) in [6.07, 6.45) is 0. The van der Waals surface area contributed by atoms with Gasteiger partial charge in [0.25, 0.3) is 5.91 Å². The number of amides is 1. The quantitative estimate of drug-likeness (QED) is 0.913. The molecule has 1 aliphatic heterocycles. The molecule has 0 fully saturated rings. The van der Waals surface area contributed by atoms with Gasteiger partial charge < -0.3 is 10.1 Å². The van der Waals surface area contributed by atoms with Gasteiger partial charge in [-0.3, -0.25) is 4.79 Å². The molecule has 3 nitrogen and oxygen atoms in total. The summed E-state index contributed by atoms with van der Waals surface area (Å²) in [7, 11) is 0. The number of hydrogen-bond donors (Lipinski definition) is 1. The van der Waals surface area contributed by atoms with Gasteiger partial charge in [-0.15, -0.1) is 0 Å². The molecule has 96 valence electrons. The fourth-order valence-electron chi connectivity index (χ4n) is 2.60. The van der Waals surface area contributed by atoms with E-state index in [1.54, 1.807) is 0 Å². The Morgan fingerprint density at radius 1 is 1.05 bits per heavy atom. The SMILES string of the molecule is CCOC1(c2ccccc2)NC(=O)c2ccccc21. The van der Waals surface area contributed by atoms with Crippen molar-refractivity contribution < 1.29 is 9.53 Å². The maximum atomic E-state index is 12.1. The number of carbonyl (C=O) groups is 1. The van der Waals surface area contributed by atoms with Crippen LogP contribution in [0.3, 0.4) is 0 Å². The van der Waals surface area contributed by atoms with E-state index in [0.717, 1.165) is 11.1 Å². The maximum Gasteiger partial charge on any atom is 0.254 e. The predicted octanol–water partition coefficient (Wildman–Crippen LogP) is 2.67. The molecule has 3 heteroatoms. The van der Waals surface area contributed by atoms with Crippen molar-refractivity contribution in [2.75, 3.05) is 6.61 Å². The maximum absolute atomic E-state index is 12.1. The molecule has 1 aliphatic rings. The van der Waals surface area contributed by atoms with Crippen molar-refractivity contribution in [3.8, 4) is 0 Å². The van der Waals surface area contributed by atoms with Crippen LogP contribution in [0.2, 0.25) is 0 Å². The minimum atomic E-state index is -0.857. The van der Waals surface area contributed by atoms with Crippen molar-refractivity contribution >= 4 is 5.91 Å². The summed E-state index contributed by atoms with van der Waals surface area (Å²) in [4.78, 5) is 12.1. The smallest absolute Gasteiger partial charge is 0.254 e.